The van der Waals surface area contributed by atoms with E-state index in [4.69, 9.17) is 0 Å². The highest BCUT2D eigenvalue weighted by molar-refractivity contribution is 5.19. The Balaban J connectivity index is 2.32. The summed E-state index contributed by atoms with van der Waals surface area (Å²) in [6.45, 7) is 9.36. The van der Waals surface area contributed by atoms with E-state index in [2.05, 4.69) is 43.6 Å². The van der Waals surface area contributed by atoms with E-state index in [-0.39, 0.29) is 5.56 Å². The zero-order valence-corrected chi connectivity index (χ0v) is 14.0. The van der Waals surface area contributed by atoms with Gasteiger partial charge in [0, 0.05) is 29.9 Å². The Bertz CT molecular complexity index is 512. The smallest absolute Gasteiger partial charge is 0.255 e. The Morgan fingerprint density at radius 1 is 1.24 bits per heavy atom. The van der Waals surface area contributed by atoms with Crippen LogP contribution in [0.4, 0.5) is 0 Å². The van der Waals surface area contributed by atoms with E-state index in [0.717, 1.165) is 24.8 Å². The molecule has 2 rings (SSSR count). The van der Waals surface area contributed by atoms with Gasteiger partial charge in [0.1, 0.15) is 0 Å². The predicted molar refractivity (Wildman–Crippen MR) is 88.9 cm³/mol. The molecule has 0 aromatic carbocycles. The quantitative estimate of drug-likeness (QED) is 0.860. The van der Waals surface area contributed by atoms with Crippen LogP contribution in [0.5, 0.6) is 0 Å². The van der Waals surface area contributed by atoms with Gasteiger partial charge in [0.15, 0.2) is 0 Å². The first kappa shape index (κ1) is 16.3. The van der Waals surface area contributed by atoms with Crippen LogP contribution in [-0.2, 0) is 6.54 Å². The lowest BCUT2D eigenvalue weighted by atomic mass is 10.1. The van der Waals surface area contributed by atoms with Crippen molar-refractivity contribution >= 4 is 0 Å². The van der Waals surface area contributed by atoms with Gasteiger partial charge in [-0.15, -0.1) is 0 Å². The molecule has 0 radical (unpaired) electrons. The number of hydrogen-bond donors (Lipinski definition) is 1. The SMILES string of the molecule is CCC(C)NCc1ccc(C(C)C)n(C2CCCC2)c1=O. The van der Waals surface area contributed by atoms with E-state index in [1.54, 1.807) is 0 Å². The number of nitrogens with one attached hydrogen (secondary N) is 1. The molecule has 3 heteroatoms. The van der Waals surface area contributed by atoms with Crippen LogP contribution in [0.15, 0.2) is 16.9 Å². The summed E-state index contributed by atoms with van der Waals surface area (Å²) >= 11 is 0. The Hall–Kier alpha value is -1.09. The number of aromatic nitrogens is 1. The molecular weight excluding hydrogens is 260 g/mol. The summed E-state index contributed by atoms with van der Waals surface area (Å²) in [5.74, 6) is 0.398. The normalized spacial score (nSPS) is 17.6. The summed E-state index contributed by atoms with van der Waals surface area (Å²) in [5.41, 5.74) is 2.33. The summed E-state index contributed by atoms with van der Waals surface area (Å²) in [4.78, 5) is 12.9. The minimum Gasteiger partial charge on any atom is -0.310 e. The summed E-state index contributed by atoms with van der Waals surface area (Å²) < 4.78 is 2.10. The highest BCUT2D eigenvalue weighted by Gasteiger charge is 2.22. The van der Waals surface area contributed by atoms with Crippen molar-refractivity contribution in [2.24, 2.45) is 0 Å². The van der Waals surface area contributed by atoms with Crippen molar-refractivity contribution in [1.29, 1.82) is 0 Å². The third-order valence-electron chi connectivity index (χ3n) is 4.76. The molecule has 0 aliphatic heterocycles. The summed E-state index contributed by atoms with van der Waals surface area (Å²) in [6.07, 6.45) is 5.90. The molecule has 1 aliphatic rings. The molecular formula is C18H30N2O. The number of hydrogen-bond acceptors (Lipinski definition) is 2. The third kappa shape index (κ3) is 3.76. The van der Waals surface area contributed by atoms with Crippen LogP contribution in [0.2, 0.25) is 0 Å². The average molecular weight is 290 g/mol. The first-order chi connectivity index (χ1) is 10.0. The van der Waals surface area contributed by atoms with E-state index in [1.165, 1.54) is 18.5 Å². The van der Waals surface area contributed by atoms with Crippen molar-refractivity contribution in [3.63, 3.8) is 0 Å². The van der Waals surface area contributed by atoms with Gasteiger partial charge in [0.25, 0.3) is 5.56 Å². The summed E-state index contributed by atoms with van der Waals surface area (Å²) in [6, 6.07) is 5.06. The zero-order chi connectivity index (χ0) is 15.4. The molecule has 0 saturated heterocycles. The van der Waals surface area contributed by atoms with Crippen LogP contribution >= 0.6 is 0 Å². The fourth-order valence-corrected chi connectivity index (χ4v) is 3.18. The van der Waals surface area contributed by atoms with Crippen molar-refractivity contribution in [1.82, 2.24) is 9.88 Å². The van der Waals surface area contributed by atoms with Crippen LogP contribution in [-0.4, -0.2) is 10.6 Å². The van der Waals surface area contributed by atoms with E-state index >= 15 is 0 Å². The van der Waals surface area contributed by atoms with Gasteiger partial charge in [0.2, 0.25) is 0 Å². The van der Waals surface area contributed by atoms with Crippen LogP contribution in [0.25, 0.3) is 0 Å². The van der Waals surface area contributed by atoms with Crippen LogP contribution in [0, 0.1) is 0 Å². The van der Waals surface area contributed by atoms with Crippen LogP contribution < -0.4 is 10.9 Å². The van der Waals surface area contributed by atoms with Gasteiger partial charge >= 0.3 is 0 Å². The monoisotopic (exact) mass is 290 g/mol. The fourth-order valence-electron chi connectivity index (χ4n) is 3.18. The molecule has 1 aromatic rings. The second-order valence-electron chi connectivity index (χ2n) is 6.74. The first-order valence-electron chi connectivity index (χ1n) is 8.52. The topological polar surface area (TPSA) is 34.0 Å². The van der Waals surface area contributed by atoms with Gasteiger partial charge < -0.3 is 9.88 Å². The standard InChI is InChI=1S/C18H30N2O/c1-5-14(4)19-12-15-10-11-17(13(2)3)20(18(15)21)16-8-6-7-9-16/h10-11,13-14,16,19H,5-9,12H2,1-4H3. The molecule has 1 N–H and O–H groups in total. The van der Waals surface area contributed by atoms with Gasteiger partial charge in [-0.3, -0.25) is 4.79 Å². The van der Waals surface area contributed by atoms with E-state index in [9.17, 15) is 4.79 Å². The zero-order valence-electron chi connectivity index (χ0n) is 14.0. The van der Waals surface area contributed by atoms with Crippen molar-refractivity contribution in [2.75, 3.05) is 0 Å². The number of rotatable bonds is 6. The van der Waals surface area contributed by atoms with Gasteiger partial charge in [-0.1, -0.05) is 39.7 Å². The molecule has 1 aliphatic carbocycles. The molecule has 21 heavy (non-hydrogen) atoms. The summed E-state index contributed by atoms with van der Waals surface area (Å²) in [7, 11) is 0. The number of pyridine rings is 1. The lowest BCUT2D eigenvalue weighted by Crippen LogP contribution is -2.33. The van der Waals surface area contributed by atoms with Gasteiger partial charge in [-0.05, 0) is 38.2 Å². The van der Waals surface area contributed by atoms with Crippen molar-refractivity contribution in [3.8, 4) is 0 Å². The summed E-state index contributed by atoms with van der Waals surface area (Å²) in [5, 5.41) is 3.44. The highest BCUT2D eigenvalue weighted by Crippen LogP contribution is 2.31. The Labute approximate surface area is 128 Å². The molecule has 1 fully saturated rings. The average Bonchev–Trinajstić information content (AvgIpc) is 2.98. The molecule has 1 unspecified atom stereocenters. The highest BCUT2D eigenvalue weighted by atomic mass is 16.1. The molecule has 0 spiro atoms. The number of nitrogens with zero attached hydrogens (tertiary/aromatic N) is 1. The molecule has 118 valence electrons. The minimum atomic E-state index is 0.226. The Morgan fingerprint density at radius 3 is 2.48 bits per heavy atom. The second kappa shape index (κ2) is 7.26. The van der Waals surface area contributed by atoms with Crippen molar-refractivity contribution in [3.05, 3.63) is 33.7 Å². The molecule has 0 amide bonds. The maximum absolute atomic E-state index is 12.9. The fraction of sp³-hybridized carbons (Fsp3) is 0.722. The van der Waals surface area contributed by atoms with E-state index in [1.807, 2.05) is 6.07 Å². The lowest BCUT2D eigenvalue weighted by molar-refractivity contribution is 0.465. The molecule has 1 aromatic heterocycles. The largest absolute Gasteiger partial charge is 0.310 e. The maximum atomic E-state index is 12.9. The van der Waals surface area contributed by atoms with E-state index in [0.29, 0.717) is 24.5 Å². The Kier molecular flexibility index (Phi) is 5.63. The van der Waals surface area contributed by atoms with Crippen LogP contribution in [0.1, 0.15) is 83.0 Å². The lowest BCUT2D eigenvalue weighted by Gasteiger charge is -2.22. The molecule has 1 atom stereocenters. The van der Waals surface area contributed by atoms with E-state index < -0.39 is 0 Å². The van der Waals surface area contributed by atoms with Gasteiger partial charge in [-0.2, -0.15) is 0 Å². The minimum absolute atomic E-state index is 0.226. The maximum Gasteiger partial charge on any atom is 0.255 e. The second-order valence-corrected chi connectivity index (χ2v) is 6.74. The molecule has 1 heterocycles. The molecule has 0 bridgehead atoms. The van der Waals surface area contributed by atoms with Crippen molar-refractivity contribution in [2.45, 2.75) is 84.3 Å². The van der Waals surface area contributed by atoms with Crippen LogP contribution in [0.3, 0.4) is 0 Å². The van der Waals surface area contributed by atoms with Gasteiger partial charge in [0.05, 0.1) is 0 Å². The first-order valence-corrected chi connectivity index (χ1v) is 8.52. The Morgan fingerprint density at radius 2 is 1.90 bits per heavy atom. The van der Waals surface area contributed by atoms with Gasteiger partial charge in [-0.25, -0.2) is 0 Å². The molecule has 3 nitrogen and oxygen atoms in total. The third-order valence-corrected chi connectivity index (χ3v) is 4.76. The van der Waals surface area contributed by atoms with Crippen molar-refractivity contribution < 1.29 is 0 Å². The predicted octanol–water partition coefficient (Wildman–Crippen LogP) is 3.97. The molecule has 1 saturated carbocycles.